The van der Waals surface area contributed by atoms with Crippen LogP contribution in [0.2, 0.25) is 0 Å². The van der Waals surface area contributed by atoms with E-state index < -0.39 is 0 Å². The van der Waals surface area contributed by atoms with Crippen LogP contribution in [0.25, 0.3) is 11.4 Å². The molecular formula is C18H22N4O2. The van der Waals surface area contributed by atoms with Crippen molar-refractivity contribution in [3.8, 4) is 11.4 Å². The number of nitrogens with zero attached hydrogens (tertiary/aromatic N) is 3. The number of rotatable bonds is 3. The van der Waals surface area contributed by atoms with Crippen LogP contribution >= 0.6 is 0 Å². The highest BCUT2D eigenvalue weighted by molar-refractivity contribution is 5.95. The Bertz CT molecular complexity index is 753. The second kappa shape index (κ2) is 6.02. The van der Waals surface area contributed by atoms with E-state index >= 15 is 0 Å². The monoisotopic (exact) mass is 326 g/mol. The van der Waals surface area contributed by atoms with Crippen LogP contribution in [0.3, 0.4) is 0 Å². The third kappa shape index (κ3) is 2.94. The number of benzene rings is 1. The highest BCUT2D eigenvalue weighted by Crippen LogP contribution is 2.39. The zero-order valence-corrected chi connectivity index (χ0v) is 13.8. The van der Waals surface area contributed by atoms with Crippen LogP contribution < -0.4 is 5.73 Å². The van der Waals surface area contributed by atoms with Gasteiger partial charge in [0.25, 0.3) is 5.91 Å². The van der Waals surface area contributed by atoms with Crippen molar-refractivity contribution in [2.45, 2.75) is 50.6 Å². The van der Waals surface area contributed by atoms with Gasteiger partial charge in [-0.25, -0.2) is 0 Å². The number of nitrogens with two attached hydrogens (primary N) is 1. The molecule has 0 unspecified atom stereocenters. The molecule has 0 spiro atoms. The van der Waals surface area contributed by atoms with Crippen LogP contribution in [0, 0.1) is 0 Å². The summed E-state index contributed by atoms with van der Waals surface area (Å²) in [6.45, 7) is 2.77. The first-order valence-corrected chi connectivity index (χ1v) is 8.62. The zero-order valence-electron chi connectivity index (χ0n) is 13.8. The minimum atomic E-state index is 0.0437. The first-order valence-electron chi connectivity index (χ1n) is 8.62. The van der Waals surface area contributed by atoms with Gasteiger partial charge in [-0.05, 0) is 44.7 Å². The number of carbonyl (C=O) groups excluding carboxylic acids is 1. The van der Waals surface area contributed by atoms with Crippen molar-refractivity contribution in [2.75, 3.05) is 6.54 Å². The van der Waals surface area contributed by atoms with Gasteiger partial charge in [0.1, 0.15) is 0 Å². The van der Waals surface area contributed by atoms with Gasteiger partial charge in [0, 0.05) is 35.7 Å². The molecule has 2 fully saturated rings. The van der Waals surface area contributed by atoms with Gasteiger partial charge in [-0.1, -0.05) is 17.3 Å². The fraction of sp³-hybridized carbons (Fsp3) is 0.500. The van der Waals surface area contributed by atoms with E-state index in [0.29, 0.717) is 29.7 Å². The Balaban J connectivity index is 1.56. The molecule has 1 saturated carbocycles. The Morgan fingerprint density at radius 3 is 2.92 bits per heavy atom. The maximum Gasteiger partial charge on any atom is 0.254 e. The van der Waals surface area contributed by atoms with Gasteiger partial charge in [0.05, 0.1) is 0 Å². The summed E-state index contributed by atoms with van der Waals surface area (Å²) < 4.78 is 5.32. The molecule has 1 aliphatic carbocycles. The summed E-state index contributed by atoms with van der Waals surface area (Å²) >= 11 is 0. The number of hydrogen-bond acceptors (Lipinski definition) is 5. The smallest absolute Gasteiger partial charge is 0.254 e. The van der Waals surface area contributed by atoms with Crippen LogP contribution in [-0.4, -0.2) is 39.6 Å². The quantitative estimate of drug-likeness (QED) is 0.937. The molecule has 1 amide bonds. The molecule has 0 radical (unpaired) electrons. The van der Waals surface area contributed by atoms with E-state index in [1.54, 1.807) is 0 Å². The minimum Gasteiger partial charge on any atom is -0.339 e. The van der Waals surface area contributed by atoms with Crippen molar-refractivity contribution < 1.29 is 9.32 Å². The Labute approximate surface area is 141 Å². The Kier molecular flexibility index (Phi) is 3.84. The standard InChI is InChI=1S/C18H22N4O2/c1-11-9-15(19)7-8-22(11)18(23)14-4-2-3-13(10-14)16-20-17(24-21-16)12-5-6-12/h2-4,10-12,15H,5-9,19H2,1H3/t11-,15+/m0/s1. The third-order valence-electron chi connectivity index (χ3n) is 4.91. The van der Waals surface area contributed by atoms with Gasteiger partial charge >= 0.3 is 0 Å². The fourth-order valence-corrected chi connectivity index (χ4v) is 3.32. The Morgan fingerprint density at radius 1 is 1.33 bits per heavy atom. The van der Waals surface area contributed by atoms with Gasteiger partial charge in [-0.15, -0.1) is 0 Å². The molecule has 6 heteroatoms. The number of aromatic nitrogens is 2. The van der Waals surface area contributed by atoms with Gasteiger partial charge in [-0.3, -0.25) is 4.79 Å². The summed E-state index contributed by atoms with van der Waals surface area (Å²) in [6.07, 6.45) is 3.94. The van der Waals surface area contributed by atoms with Crippen molar-refractivity contribution in [1.82, 2.24) is 15.0 Å². The lowest BCUT2D eigenvalue weighted by molar-refractivity contribution is 0.0619. The van der Waals surface area contributed by atoms with E-state index in [4.69, 9.17) is 10.3 Å². The van der Waals surface area contributed by atoms with Crippen LogP contribution in [0.1, 0.15) is 54.8 Å². The molecule has 6 nitrogen and oxygen atoms in total. The molecule has 1 saturated heterocycles. The van der Waals surface area contributed by atoms with Crippen molar-refractivity contribution in [2.24, 2.45) is 5.73 Å². The molecule has 0 bridgehead atoms. The predicted molar refractivity (Wildman–Crippen MR) is 89.4 cm³/mol. The average Bonchev–Trinajstić information content (AvgIpc) is 3.31. The van der Waals surface area contributed by atoms with Gasteiger partial charge in [0.15, 0.2) is 0 Å². The number of amides is 1. The summed E-state index contributed by atoms with van der Waals surface area (Å²) in [7, 11) is 0. The van der Waals surface area contributed by atoms with Crippen LogP contribution in [0.4, 0.5) is 0 Å². The molecule has 2 atom stereocenters. The summed E-state index contributed by atoms with van der Waals surface area (Å²) in [5.74, 6) is 1.73. The molecule has 1 aliphatic heterocycles. The average molecular weight is 326 g/mol. The SMILES string of the molecule is C[C@H]1C[C@H](N)CCN1C(=O)c1cccc(-c2noc(C3CC3)n2)c1. The molecule has 1 aromatic heterocycles. The minimum absolute atomic E-state index is 0.0437. The molecule has 1 aromatic carbocycles. The zero-order chi connectivity index (χ0) is 16.7. The first-order chi connectivity index (χ1) is 11.6. The summed E-state index contributed by atoms with van der Waals surface area (Å²) in [5, 5.41) is 4.06. The largest absolute Gasteiger partial charge is 0.339 e. The normalized spacial score (nSPS) is 24.2. The lowest BCUT2D eigenvalue weighted by Crippen LogP contribution is -2.48. The second-order valence-corrected chi connectivity index (χ2v) is 6.94. The van der Waals surface area contributed by atoms with Crippen molar-refractivity contribution in [3.63, 3.8) is 0 Å². The van der Waals surface area contributed by atoms with Crippen LogP contribution in [0.5, 0.6) is 0 Å². The van der Waals surface area contributed by atoms with E-state index in [0.717, 1.165) is 31.2 Å². The Morgan fingerprint density at radius 2 is 2.17 bits per heavy atom. The lowest BCUT2D eigenvalue weighted by Gasteiger charge is -2.36. The summed E-state index contributed by atoms with van der Waals surface area (Å²) in [5.41, 5.74) is 7.47. The fourth-order valence-electron chi connectivity index (χ4n) is 3.32. The molecule has 2 heterocycles. The van der Waals surface area contributed by atoms with Crippen LogP contribution in [0.15, 0.2) is 28.8 Å². The molecule has 2 aromatic rings. The van der Waals surface area contributed by atoms with E-state index in [9.17, 15) is 4.79 Å². The van der Waals surface area contributed by atoms with E-state index in [2.05, 4.69) is 17.1 Å². The molecule has 126 valence electrons. The predicted octanol–water partition coefficient (Wildman–Crippen LogP) is 2.57. The van der Waals surface area contributed by atoms with Crippen molar-refractivity contribution in [3.05, 3.63) is 35.7 Å². The number of likely N-dealkylation sites (tertiary alicyclic amines) is 1. The number of carbonyl (C=O) groups is 1. The van der Waals surface area contributed by atoms with E-state index in [-0.39, 0.29) is 18.0 Å². The highest BCUT2D eigenvalue weighted by Gasteiger charge is 2.30. The topological polar surface area (TPSA) is 85.2 Å². The maximum absolute atomic E-state index is 12.8. The van der Waals surface area contributed by atoms with Gasteiger partial charge in [0.2, 0.25) is 11.7 Å². The number of hydrogen-bond donors (Lipinski definition) is 1. The second-order valence-electron chi connectivity index (χ2n) is 6.94. The molecule has 2 aliphatic rings. The van der Waals surface area contributed by atoms with Crippen molar-refractivity contribution in [1.29, 1.82) is 0 Å². The maximum atomic E-state index is 12.8. The van der Waals surface area contributed by atoms with Crippen LogP contribution in [-0.2, 0) is 0 Å². The van der Waals surface area contributed by atoms with Gasteiger partial charge < -0.3 is 15.2 Å². The van der Waals surface area contributed by atoms with Gasteiger partial charge in [-0.2, -0.15) is 4.98 Å². The first kappa shape index (κ1) is 15.3. The highest BCUT2D eigenvalue weighted by atomic mass is 16.5. The van der Waals surface area contributed by atoms with Crippen molar-refractivity contribution >= 4 is 5.91 Å². The molecular weight excluding hydrogens is 304 g/mol. The molecule has 24 heavy (non-hydrogen) atoms. The van der Waals surface area contributed by atoms with E-state index in [1.165, 1.54) is 0 Å². The third-order valence-corrected chi connectivity index (χ3v) is 4.91. The molecule has 2 N–H and O–H groups in total. The summed E-state index contributed by atoms with van der Waals surface area (Å²) in [4.78, 5) is 19.2. The summed E-state index contributed by atoms with van der Waals surface area (Å²) in [6, 6.07) is 7.83. The van der Waals surface area contributed by atoms with E-state index in [1.807, 2.05) is 29.2 Å². The number of piperidine rings is 1. The lowest BCUT2D eigenvalue weighted by atomic mass is 9.98. The molecule has 4 rings (SSSR count). The Hall–Kier alpha value is -2.21.